The maximum absolute atomic E-state index is 15.3. The van der Waals surface area contributed by atoms with E-state index < -0.39 is 41.4 Å². The van der Waals surface area contributed by atoms with Gasteiger partial charge in [0.1, 0.15) is 23.4 Å². The first kappa shape index (κ1) is 23.5. The van der Waals surface area contributed by atoms with E-state index in [4.69, 9.17) is 17.3 Å². The zero-order valence-electron chi connectivity index (χ0n) is 17.8. The number of hydrogen-bond donors (Lipinski definition) is 3. The third-order valence-corrected chi connectivity index (χ3v) is 5.78. The SMILES string of the molecule is CC(O)(c1ccc(F)cc1)[C@@H](F)CNC(=O)c1c(Cl)ccc(-c2ccn3nc(N)nc3c2)c1F. The molecule has 2 heterocycles. The van der Waals surface area contributed by atoms with Crippen molar-refractivity contribution in [1.82, 2.24) is 19.9 Å². The number of alkyl halides is 1. The second-order valence-corrected chi connectivity index (χ2v) is 8.21. The molecule has 1 unspecified atom stereocenters. The smallest absolute Gasteiger partial charge is 0.255 e. The zero-order chi connectivity index (χ0) is 24.6. The number of carbonyl (C=O) groups is 1. The van der Waals surface area contributed by atoms with E-state index in [1.165, 1.54) is 48.0 Å². The Bertz CT molecular complexity index is 1380. The normalized spacial score (nSPS) is 14.1. The Hall–Kier alpha value is -3.63. The maximum Gasteiger partial charge on any atom is 0.255 e. The Morgan fingerprint density at radius 1 is 1.24 bits per heavy atom. The summed E-state index contributed by atoms with van der Waals surface area (Å²) in [7, 11) is 0. The van der Waals surface area contributed by atoms with Gasteiger partial charge in [-0.15, -0.1) is 5.10 Å². The highest BCUT2D eigenvalue weighted by molar-refractivity contribution is 6.34. The van der Waals surface area contributed by atoms with Crippen LogP contribution in [0.4, 0.5) is 19.1 Å². The van der Waals surface area contributed by atoms with Gasteiger partial charge < -0.3 is 16.2 Å². The zero-order valence-corrected chi connectivity index (χ0v) is 18.5. The number of amides is 1. The van der Waals surface area contributed by atoms with Crippen molar-refractivity contribution in [2.45, 2.75) is 18.7 Å². The molecule has 2 aromatic carbocycles. The molecule has 2 aromatic heterocycles. The topological polar surface area (TPSA) is 106 Å². The van der Waals surface area contributed by atoms with Gasteiger partial charge in [0.25, 0.3) is 5.91 Å². The van der Waals surface area contributed by atoms with Crippen molar-refractivity contribution in [3.63, 3.8) is 0 Å². The number of halogens is 4. The van der Waals surface area contributed by atoms with Gasteiger partial charge in [0.15, 0.2) is 5.65 Å². The largest absolute Gasteiger partial charge is 0.382 e. The highest BCUT2D eigenvalue weighted by Crippen LogP contribution is 2.31. The van der Waals surface area contributed by atoms with Crippen LogP contribution in [0.1, 0.15) is 22.8 Å². The Morgan fingerprint density at radius 3 is 2.65 bits per heavy atom. The van der Waals surface area contributed by atoms with Gasteiger partial charge in [-0.1, -0.05) is 23.7 Å². The van der Waals surface area contributed by atoms with Crippen LogP contribution in [0.15, 0.2) is 54.7 Å². The second-order valence-electron chi connectivity index (χ2n) is 7.80. The minimum absolute atomic E-state index is 0.0473. The summed E-state index contributed by atoms with van der Waals surface area (Å²) in [6.45, 7) is 0.548. The van der Waals surface area contributed by atoms with Crippen LogP contribution in [-0.2, 0) is 5.60 Å². The molecule has 4 rings (SSSR count). The van der Waals surface area contributed by atoms with Crippen molar-refractivity contribution < 1.29 is 23.1 Å². The number of aromatic nitrogens is 3. The van der Waals surface area contributed by atoms with Crippen LogP contribution in [0.5, 0.6) is 0 Å². The molecular weight excluding hydrogens is 471 g/mol. The first-order chi connectivity index (χ1) is 16.1. The first-order valence-corrected chi connectivity index (χ1v) is 10.5. The fourth-order valence-corrected chi connectivity index (χ4v) is 3.72. The molecule has 0 spiro atoms. The predicted octanol–water partition coefficient (Wildman–Crippen LogP) is 3.89. The summed E-state index contributed by atoms with van der Waals surface area (Å²) in [5.74, 6) is -2.37. The van der Waals surface area contributed by atoms with Crippen LogP contribution in [0, 0.1) is 11.6 Å². The molecule has 4 N–H and O–H groups in total. The Morgan fingerprint density at radius 2 is 1.94 bits per heavy atom. The highest BCUT2D eigenvalue weighted by atomic mass is 35.5. The van der Waals surface area contributed by atoms with Crippen LogP contribution in [0.25, 0.3) is 16.8 Å². The molecule has 2 atom stereocenters. The minimum Gasteiger partial charge on any atom is -0.382 e. The average molecular weight is 490 g/mol. The van der Waals surface area contributed by atoms with Crippen LogP contribution >= 0.6 is 11.6 Å². The van der Waals surface area contributed by atoms with Gasteiger partial charge in [-0.25, -0.2) is 17.7 Å². The number of aliphatic hydroxyl groups is 1. The van der Waals surface area contributed by atoms with Crippen molar-refractivity contribution in [3.05, 3.63) is 82.5 Å². The Labute approximate surface area is 197 Å². The summed E-state index contributed by atoms with van der Waals surface area (Å²) in [5.41, 5.74) is 4.02. The lowest BCUT2D eigenvalue weighted by molar-refractivity contribution is -0.0229. The van der Waals surface area contributed by atoms with E-state index in [9.17, 15) is 18.7 Å². The summed E-state index contributed by atoms with van der Waals surface area (Å²) in [6.07, 6.45) is -0.444. The molecule has 0 aliphatic heterocycles. The third-order valence-electron chi connectivity index (χ3n) is 5.46. The van der Waals surface area contributed by atoms with Gasteiger partial charge in [0.05, 0.1) is 17.1 Å². The highest BCUT2D eigenvalue weighted by Gasteiger charge is 2.34. The van der Waals surface area contributed by atoms with E-state index in [2.05, 4.69) is 15.4 Å². The van der Waals surface area contributed by atoms with Gasteiger partial charge in [0, 0.05) is 11.8 Å². The number of nitrogens with one attached hydrogen (secondary N) is 1. The van der Waals surface area contributed by atoms with E-state index in [0.29, 0.717) is 11.2 Å². The number of hydrogen-bond acceptors (Lipinski definition) is 5. The molecule has 34 heavy (non-hydrogen) atoms. The van der Waals surface area contributed by atoms with E-state index >= 15 is 4.39 Å². The van der Waals surface area contributed by atoms with Gasteiger partial charge in [-0.3, -0.25) is 4.79 Å². The molecule has 0 radical (unpaired) electrons. The number of nitrogen functional groups attached to an aromatic ring is 1. The lowest BCUT2D eigenvalue weighted by atomic mass is 9.91. The summed E-state index contributed by atoms with van der Waals surface area (Å²) in [6, 6.07) is 10.5. The number of nitrogens with two attached hydrogens (primary N) is 1. The molecule has 0 bridgehead atoms. The molecule has 11 heteroatoms. The van der Waals surface area contributed by atoms with Gasteiger partial charge in [-0.05, 0) is 54.4 Å². The van der Waals surface area contributed by atoms with Crippen molar-refractivity contribution in [3.8, 4) is 11.1 Å². The minimum atomic E-state index is -2.03. The number of anilines is 1. The molecule has 0 saturated carbocycles. The van der Waals surface area contributed by atoms with Gasteiger partial charge in [-0.2, -0.15) is 4.98 Å². The quantitative estimate of drug-likeness (QED) is 0.381. The third kappa shape index (κ3) is 4.42. The molecule has 0 aliphatic carbocycles. The first-order valence-electron chi connectivity index (χ1n) is 10.1. The number of carbonyl (C=O) groups excluding carboxylic acids is 1. The number of nitrogens with zero attached hydrogens (tertiary/aromatic N) is 3. The lowest BCUT2D eigenvalue weighted by Crippen LogP contribution is -2.42. The molecule has 0 fully saturated rings. The summed E-state index contributed by atoms with van der Waals surface area (Å²) < 4.78 is 44.7. The molecule has 176 valence electrons. The van der Waals surface area contributed by atoms with Crippen molar-refractivity contribution in [1.29, 1.82) is 0 Å². The molecule has 0 aliphatic rings. The molecule has 0 saturated heterocycles. The van der Waals surface area contributed by atoms with E-state index in [0.717, 1.165) is 12.1 Å². The van der Waals surface area contributed by atoms with Crippen LogP contribution in [0.2, 0.25) is 5.02 Å². The number of rotatable bonds is 6. The lowest BCUT2D eigenvalue weighted by Gasteiger charge is -2.28. The van der Waals surface area contributed by atoms with Gasteiger partial charge in [0.2, 0.25) is 5.95 Å². The fraction of sp³-hybridized carbons (Fsp3) is 0.174. The number of pyridine rings is 1. The van der Waals surface area contributed by atoms with Crippen LogP contribution in [0.3, 0.4) is 0 Å². The number of benzene rings is 2. The monoisotopic (exact) mass is 489 g/mol. The van der Waals surface area contributed by atoms with E-state index in [1.54, 1.807) is 6.07 Å². The average Bonchev–Trinajstić information content (AvgIpc) is 3.17. The van der Waals surface area contributed by atoms with Gasteiger partial charge >= 0.3 is 0 Å². The van der Waals surface area contributed by atoms with E-state index in [1.807, 2.05) is 0 Å². The Kier molecular flexibility index (Phi) is 6.20. The van der Waals surface area contributed by atoms with E-state index in [-0.39, 0.29) is 22.1 Å². The van der Waals surface area contributed by atoms with Crippen molar-refractivity contribution >= 4 is 29.1 Å². The maximum atomic E-state index is 15.3. The summed E-state index contributed by atoms with van der Waals surface area (Å²) >= 11 is 6.08. The van der Waals surface area contributed by atoms with Crippen LogP contribution < -0.4 is 11.1 Å². The Balaban J connectivity index is 1.56. The molecule has 4 aromatic rings. The van der Waals surface area contributed by atoms with Crippen molar-refractivity contribution in [2.24, 2.45) is 0 Å². The standard InChI is InChI=1S/C23H19ClF3N5O2/c1-23(34,13-2-4-14(25)5-3-13)17(26)11-29-21(33)19-16(24)7-6-15(20(19)27)12-8-9-32-18(10-12)30-22(28)31-32/h2-10,17,34H,11H2,1H3,(H2,28,31)(H,29,33)/t17-,23?/m0/s1. The fourth-order valence-electron chi connectivity index (χ4n) is 3.49. The molecule has 7 nitrogen and oxygen atoms in total. The predicted molar refractivity (Wildman–Crippen MR) is 121 cm³/mol. The van der Waals surface area contributed by atoms with Crippen LogP contribution in [-0.4, -0.2) is 38.3 Å². The van der Waals surface area contributed by atoms with Crippen molar-refractivity contribution in [2.75, 3.05) is 12.3 Å². The second kappa shape index (κ2) is 8.96. The summed E-state index contributed by atoms with van der Waals surface area (Å²) in [4.78, 5) is 16.7. The number of fused-ring (bicyclic) bond motifs is 1. The summed E-state index contributed by atoms with van der Waals surface area (Å²) in [5, 5.41) is 16.6. The molecular formula is C23H19ClF3N5O2. The molecule has 1 amide bonds.